The summed E-state index contributed by atoms with van der Waals surface area (Å²) in [6, 6.07) is 7.21. The van der Waals surface area contributed by atoms with Gasteiger partial charge in [0.1, 0.15) is 5.69 Å². The zero-order chi connectivity index (χ0) is 21.7. The second kappa shape index (κ2) is 10.0. The van der Waals surface area contributed by atoms with Crippen molar-refractivity contribution in [3.8, 4) is 0 Å². The zero-order valence-corrected chi connectivity index (χ0v) is 18.6. The summed E-state index contributed by atoms with van der Waals surface area (Å²) in [6.45, 7) is 6.36. The molecule has 1 aliphatic rings. The van der Waals surface area contributed by atoms with Crippen LogP contribution in [-0.2, 0) is 11.3 Å². The highest BCUT2D eigenvalue weighted by molar-refractivity contribution is 6.33. The number of urea groups is 1. The molecule has 1 aromatic carbocycles. The molecule has 0 saturated heterocycles. The van der Waals surface area contributed by atoms with Gasteiger partial charge in [0.15, 0.2) is 0 Å². The topological polar surface area (TPSA) is 74.4 Å². The van der Waals surface area contributed by atoms with Crippen molar-refractivity contribution in [2.24, 2.45) is 0 Å². The fourth-order valence-corrected chi connectivity index (χ4v) is 4.30. The Kier molecular flexibility index (Phi) is 7.43. The Hall–Kier alpha value is -2.47. The predicted molar refractivity (Wildman–Crippen MR) is 119 cm³/mol. The molecule has 2 N–H and O–H groups in total. The molecule has 0 atom stereocenters. The third-order valence-corrected chi connectivity index (χ3v) is 6.12. The first kappa shape index (κ1) is 22.2. The molecule has 1 heterocycles. The number of carbonyl (C=O) groups is 2. The summed E-state index contributed by atoms with van der Waals surface area (Å²) < 4.78 is 5.16. The van der Waals surface area contributed by atoms with Crippen molar-refractivity contribution in [1.82, 2.24) is 9.88 Å². The Morgan fingerprint density at radius 1 is 1.20 bits per heavy atom. The Bertz CT molecular complexity index is 903. The second-order valence-electron chi connectivity index (χ2n) is 7.78. The maximum atomic E-state index is 13.3. The third kappa shape index (κ3) is 4.98. The maximum Gasteiger partial charge on any atom is 0.355 e. The highest BCUT2D eigenvalue weighted by atomic mass is 35.5. The highest BCUT2D eigenvalue weighted by Gasteiger charge is 2.28. The molecule has 0 spiro atoms. The Balaban J connectivity index is 1.87. The number of H-pyrrole nitrogens is 1. The van der Waals surface area contributed by atoms with Crippen LogP contribution in [0.25, 0.3) is 0 Å². The lowest BCUT2D eigenvalue weighted by Crippen LogP contribution is -2.43. The summed E-state index contributed by atoms with van der Waals surface area (Å²) in [5, 5.41) is 3.48. The highest BCUT2D eigenvalue weighted by Crippen LogP contribution is 2.29. The van der Waals surface area contributed by atoms with Gasteiger partial charge < -0.3 is 19.9 Å². The number of hydrogen-bond donors (Lipinski definition) is 2. The Labute approximate surface area is 182 Å². The third-order valence-electron chi connectivity index (χ3n) is 5.79. The SMILES string of the molecule is CCOC(=O)c1[nH]c(C)c(CN(C(=O)Nc2ccccc2Cl)C2CCCCC2)c1C. The van der Waals surface area contributed by atoms with Gasteiger partial charge in [0.25, 0.3) is 0 Å². The number of anilines is 1. The second-order valence-corrected chi connectivity index (χ2v) is 8.19. The van der Waals surface area contributed by atoms with E-state index in [9.17, 15) is 9.59 Å². The van der Waals surface area contributed by atoms with E-state index in [0.29, 0.717) is 29.6 Å². The van der Waals surface area contributed by atoms with Gasteiger partial charge in [-0.25, -0.2) is 9.59 Å². The molecule has 0 unspecified atom stereocenters. The molecular weight excluding hydrogens is 402 g/mol. The molecule has 1 aliphatic carbocycles. The van der Waals surface area contributed by atoms with Crippen LogP contribution < -0.4 is 5.32 Å². The number of carbonyl (C=O) groups excluding carboxylic acids is 2. The van der Waals surface area contributed by atoms with E-state index in [4.69, 9.17) is 16.3 Å². The standard InChI is InChI=1S/C23H30ClN3O3/c1-4-30-22(28)21-15(2)18(16(3)25-21)14-27(17-10-6-5-7-11-17)23(29)26-20-13-9-8-12-19(20)24/h8-9,12-13,17,25H,4-7,10-11,14H2,1-3H3,(H,26,29). The van der Waals surface area contributed by atoms with Gasteiger partial charge in [0, 0.05) is 18.3 Å². The number of aromatic nitrogens is 1. The fourth-order valence-electron chi connectivity index (χ4n) is 4.11. The number of esters is 1. The smallest absolute Gasteiger partial charge is 0.355 e. The molecule has 3 rings (SSSR count). The van der Waals surface area contributed by atoms with E-state index < -0.39 is 0 Å². The van der Waals surface area contributed by atoms with Crippen LogP contribution >= 0.6 is 11.6 Å². The minimum absolute atomic E-state index is 0.154. The number of nitrogens with one attached hydrogen (secondary N) is 2. The zero-order valence-electron chi connectivity index (χ0n) is 17.9. The molecule has 0 aliphatic heterocycles. The number of para-hydroxylation sites is 1. The quantitative estimate of drug-likeness (QED) is 0.565. The molecule has 6 nitrogen and oxygen atoms in total. The first-order valence-electron chi connectivity index (χ1n) is 10.6. The monoisotopic (exact) mass is 431 g/mol. The lowest BCUT2D eigenvalue weighted by Gasteiger charge is -2.34. The first-order chi connectivity index (χ1) is 14.4. The first-order valence-corrected chi connectivity index (χ1v) is 11.0. The number of rotatable bonds is 6. The molecule has 1 saturated carbocycles. The van der Waals surface area contributed by atoms with Gasteiger partial charge >= 0.3 is 12.0 Å². The average Bonchev–Trinajstić information content (AvgIpc) is 3.02. The average molecular weight is 432 g/mol. The van der Waals surface area contributed by atoms with Crippen LogP contribution in [0.5, 0.6) is 0 Å². The molecule has 0 bridgehead atoms. The fraction of sp³-hybridized carbons (Fsp3) is 0.478. The van der Waals surface area contributed by atoms with Gasteiger partial charge in [-0.1, -0.05) is 43.0 Å². The van der Waals surface area contributed by atoms with E-state index in [0.717, 1.165) is 42.5 Å². The normalized spacial score (nSPS) is 14.4. The molecule has 30 heavy (non-hydrogen) atoms. The summed E-state index contributed by atoms with van der Waals surface area (Å²) in [5.74, 6) is -0.367. The van der Waals surface area contributed by atoms with Gasteiger partial charge in [-0.05, 0) is 56.9 Å². The number of hydrogen-bond acceptors (Lipinski definition) is 3. The molecule has 7 heteroatoms. The van der Waals surface area contributed by atoms with E-state index in [1.54, 1.807) is 19.1 Å². The van der Waals surface area contributed by atoms with Crippen LogP contribution in [-0.4, -0.2) is 34.5 Å². The lowest BCUT2D eigenvalue weighted by atomic mass is 9.93. The molecular formula is C23H30ClN3O3. The number of halogens is 1. The molecule has 0 radical (unpaired) electrons. The van der Waals surface area contributed by atoms with Crippen molar-refractivity contribution in [3.63, 3.8) is 0 Å². The Morgan fingerprint density at radius 2 is 1.90 bits per heavy atom. The molecule has 2 amide bonds. The van der Waals surface area contributed by atoms with E-state index in [1.165, 1.54) is 6.42 Å². The number of ether oxygens (including phenoxy) is 1. The van der Waals surface area contributed by atoms with Crippen LogP contribution in [0.2, 0.25) is 5.02 Å². The minimum Gasteiger partial charge on any atom is -0.461 e. The van der Waals surface area contributed by atoms with Crippen LogP contribution in [0.15, 0.2) is 24.3 Å². The van der Waals surface area contributed by atoms with Crippen LogP contribution in [0.4, 0.5) is 10.5 Å². The summed E-state index contributed by atoms with van der Waals surface area (Å²) in [6.07, 6.45) is 5.37. The summed E-state index contributed by atoms with van der Waals surface area (Å²) in [5.41, 5.74) is 3.72. The van der Waals surface area contributed by atoms with E-state index in [2.05, 4.69) is 10.3 Å². The molecule has 162 valence electrons. The van der Waals surface area contributed by atoms with E-state index in [1.807, 2.05) is 30.9 Å². The van der Waals surface area contributed by atoms with Crippen molar-refractivity contribution >= 4 is 29.3 Å². The van der Waals surface area contributed by atoms with Crippen molar-refractivity contribution in [2.75, 3.05) is 11.9 Å². The van der Waals surface area contributed by atoms with Crippen LogP contribution in [0.3, 0.4) is 0 Å². The predicted octanol–water partition coefficient (Wildman–Crippen LogP) is 5.83. The molecule has 1 aromatic heterocycles. The summed E-state index contributed by atoms with van der Waals surface area (Å²) in [7, 11) is 0. The van der Waals surface area contributed by atoms with E-state index in [-0.39, 0.29) is 18.0 Å². The van der Waals surface area contributed by atoms with Gasteiger partial charge in [-0.15, -0.1) is 0 Å². The Morgan fingerprint density at radius 3 is 2.57 bits per heavy atom. The van der Waals surface area contributed by atoms with Crippen molar-refractivity contribution in [1.29, 1.82) is 0 Å². The molecule has 1 fully saturated rings. The largest absolute Gasteiger partial charge is 0.461 e. The van der Waals surface area contributed by atoms with Crippen LogP contribution in [0, 0.1) is 13.8 Å². The number of benzene rings is 1. The number of nitrogens with zero attached hydrogens (tertiary/aromatic N) is 1. The van der Waals surface area contributed by atoms with E-state index >= 15 is 0 Å². The van der Waals surface area contributed by atoms with Crippen LogP contribution in [0.1, 0.15) is 66.3 Å². The number of aromatic amines is 1. The lowest BCUT2D eigenvalue weighted by molar-refractivity contribution is 0.0519. The van der Waals surface area contributed by atoms with Gasteiger partial charge in [-0.2, -0.15) is 0 Å². The summed E-state index contributed by atoms with van der Waals surface area (Å²) in [4.78, 5) is 30.6. The summed E-state index contributed by atoms with van der Waals surface area (Å²) >= 11 is 6.25. The van der Waals surface area contributed by atoms with Crippen molar-refractivity contribution < 1.29 is 14.3 Å². The maximum absolute atomic E-state index is 13.3. The van der Waals surface area contributed by atoms with Gasteiger partial charge in [-0.3, -0.25) is 0 Å². The van der Waals surface area contributed by atoms with Crippen molar-refractivity contribution in [2.45, 2.75) is 65.5 Å². The van der Waals surface area contributed by atoms with Crippen molar-refractivity contribution in [3.05, 3.63) is 51.8 Å². The number of aryl methyl sites for hydroxylation is 1. The van der Waals surface area contributed by atoms with Gasteiger partial charge in [0.2, 0.25) is 0 Å². The minimum atomic E-state index is -0.367. The molecule has 2 aromatic rings. The van der Waals surface area contributed by atoms with Gasteiger partial charge in [0.05, 0.1) is 17.3 Å². The number of amides is 2.